The summed E-state index contributed by atoms with van der Waals surface area (Å²) in [5.74, 6) is 0.562. The third-order valence-electron chi connectivity index (χ3n) is 2.78. The van der Waals surface area contributed by atoms with Crippen molar-refractivity contribution in [2.24, 2.45) is 0 Å². The molecule has 0 aliphatic rings. The summed E-state index contributed by atoms with van der Waals surface area (Å²) in [6.45, 7) is 0. The summed E-state index contributed by atoms with van der Waals surface area (Å²) in [5, 5.41) is 6.96. The van der Waals surface area contributed by atoms with Crippen molar-refractivity contribution in [1.29, 1.82) is 0 Å². The molecule has 0 atom stereocenters. The molecule has 0 aliphatic heterocycles. The van der Waals surface area contributed by atoms with Crippen LogP contribution in [0.4, 0.5) is 5.82 Å². The smallest absolute Gasteiger partial charge is 0.225 e. The summed E-state index contributed by atoms with van der Waals surface area (Å²) >= 11 is 7.36. The molecule has 1 amide bonds. The lowest BCUT2D eigenvalue weighted by Gasteiger charge is -2.06. The molecule has 3 aromatic rings. The van der Waals surface area contributed by atoms with E-state index < -0.39 is 0 Å². The van der Waals surface area contributed by atoms with Crippen molar-refractivity contribution in [3.8, 4) is 0 Å². The molecule has 0 aromatic carbocycles. The SMILES string of the molecule is O=C(CCc1ccc(Cl)s1)Nc1ccnc2ccnn12. The molecule has 7 heteroatoms. The standard InChI is InChI=1S/C13H11ClN4OS/c14-10-3-1-9(20-10)2-4-13(19)17-12-5-7-15-11-6-8-16-18(11)12/h1,3,5-8H,2,4H2,(H,17,19). The fraction of sp³-hybridized carbons (Fsp3) is 0.154. The fourth-order valence-corrected chi connectivity index (χ4v) is 2.94. The number of nitrogens with zero attached hydrogens (tertiary/aromatic N) is 3. The summed E-state index contributed by atoms with van der Waals surface area (Å²) in [4.78, 5) is 17.2. The number of carbonyl (C=O) groups excluding carboxylic acids is 1. The molecule has 3 rings (SSSR count). The molecule has 0 aliphatic carbocycles. The summed E-state index contributed by atoms with van der Waals surface area (Å²) in [5.41, 5.74) is 0.702. The molecule has 3 heterocycles. The van der Waals surface area contributed by atoms with Gasteiger partial charge >= 0.3 is 0 Å². The normalized spacial score (nSPS) is 10.8. The van der Waals surface area contributed by atoms with E-state index in [1.165, 1.54) is 11.3 Å². The van der Waals surface area contributed by atoms with E-state index in [1.54, 1.807) is 29.0 Å². The summed E-state index contributed by atoms with van der Waals surface area (Å²) < 4.78 is 2.34. The first-order chi connectivity index (χ1) is 9.72. The number of fused-ring (bicyclic) bond motifs is 1. The van der Waals surface area contributed by atoms with Crippen molar-refractivity contribution >= 4 is 40.3 Å². The Morgan fingerprint density at radius 3 is 3.00 bits per heavy atom. The maximum Gasteiger partial charge on any atom is 0.225 e. The van der Waals surface area contributed by atoms with E-state index in [0.29, 0.717) is 24.3 Å². The van der Waals surface area contributed by atoms with Gasteiger partial charge < -0.3 is 5.32 Å². The van der Waals surface area contributed by atoms with Gasteiger partial charge in [0.15, 0.2) is 5.65 Å². The Labute approximate surface area is 124 Å². The Morgan fingerprint density at radius 1 is 1.30 bits per heavy atom. The minimum Gasteiger partial charge on any atom is -0.311 e. The molecule has 0 bridgehead atoms. The number of carbonyl (C=O) groups is 1. The molecule has 0 unspecified atom stereocenters. The van der Waals surface area contributed by atoms with Crippen LogP contribution < -0.4 is 5.32 Å². The zero-order chi connectivity index (χ0) is 13.9. The number of rotatable bonds is 4. The van der Waals surface area contributed by atoms with Crippen molar-refractivity contribution in [2.45, 2.75) is 12.8 Å². The number of aryl methyl sites for hydroxylation is 1. The molecule has 5 nitrogen and oxygen atoms in total. The average Bonchev–Trinajstić information content (AvgIpc) is 3.05. The van der Waals surface area contributed by atoms with Crippen LogP contribution in [0.25, 0.3) is 5.65 Å². The predicted molar refractivity (Wildman–Crippen MR) is 79.3 cm³/mol. The molecule has 3 aromatic heterocycles. The van der Waals surface area contributed by atoms with Crippen LogP contribution in [0.3, 0.4) is 0 Å². The number of nitrogens with one attached hydrogen (secondary N) is 1. The molecule has 102 valence electrons. The maximum atomic E-state index is 12.0. The lowest BCUT2D eigenvalue weighted by atomic mass is 10.2. The van der Waals surface area contributed by atoms with E-state index in [-0.39, 0.29) is 5.91 Å². The lowest BCUT2D eigenvalue weighted by molar-refractivity contribution is -0.116. The molecule has 20 heavy (non-hydrogen) atoms. The van der Waals surface area contributed by atoms with Crippen LogP contribution in [0.15, 0.2) is 36.7 Å². The maximum absolute atomic E-state index is 12.0. The van der Waals surface area contributed by atoms with Crippen LogP contribution in [-0.4, -0.2) is 20.5 Å². The molecule has 0 radical (unpaired) electrons. The Morgan fingerprint density at radius 2 is 2.20 bits per heavy atom. The quantitative estimate of drug-likeness (QED) is 0.806. The highest BCUT2D eigenvalue weighted by atomic mass is 35.5. The highest BCUT2D eigenvalue weighted by molar-refractivity contribution is 7.16. The first kappa shape index (κ1) is 13.1. The van der Waals surface area contributed by atoms with E-state index in [1.807, 2.05) is 12.1 Å². The number of hydrogen-bond acceptors (Lipinski definition) is 4. The number of hydrogen-bond donors (Lipinski definition) is 1. The fourth-order valence-electron chi connectivity index (χ4n) is 1.86. The summed E-state index contributed by atoms with van der Waals surface area (Å²) in [6, 6.07) is 7.29. The zero-order valence-electron chi connectivity index (χ0n) is 10.4. The summed E-state index contributed by atoms with van der Waals surface area (Å²) in [7, 11) is 0. The van der Waals surface area contributed by atoms with Crippen molar-refractivity contribution < 1.29 is 4.79 Å². The van der Waals surface area contributed by atoms with Crippen LogP contribution >= 0.6 is 22.9 Å². The minimum atomic E-state index is -0.0578. The highest BCUT2D eigenvalue weighted by Gasteiger charge is 2.08. The molecular weight excluding hydrogens is 296 g/mol. The van der Waals surface area contributed by atoms with Gasteiger partial charge in [0.2, 0.25) is 5.91 Å². The first-order valence-electron chi connectivity index (χ1n) is 6.05. The number of thiophene rings is 1. The van der Waals surface area contributed by atoms with E-state index >= 15 is 0 Å². The van der Waals surface area contributed by atoms with Crippen molar-refractivity contribution in [3.63, 3.8) is 0 Å². The van der Waals surface area contributed by atoms with Gasteiger partial charge in [-0.15, -0.1) is 11.3 Å². The second-order valence-corrected chi connectivity index (χ2v) is 5.98. The Kier molecular flexibility index (Phi) is 3.66. The largest absolute Gasteiger partial charge is 0.311 e. The first-order valence-corrected chi connectivity index (χ1v) is 7.24. The van der Waals surface area contributed by atoms with Crippen LogP contribution in [0.5, 0.6) is 0 Å². The van der Waals surface area contributed by atoms with Gasteiger partial charge in [0.25, 0.3) is 0 Å². The van der Waals surface area contributed by atoms with Crippen LogP contribution in [0.2, 0.25) is 4.34 Å². The predicted octanol–water partition coefficient (Wildman–Crippen LogP) is 3.02. The van der Waals surface area contributed by atoms with Gasteiger partial charge in [0.05, 0.1) is 10.5 Å². The van der Waals surface area contributed by atoms with Gasteiger partial charge in [-0.1, -0.05) is 11.6 Å². The lowest BCUT2D eigenvalue weighted by Crippen LogP contribution is -2.15. The van der Waals surface area contributed by atoms with Crippen molar-refractivity contribution in [3.05, 3.63) is 45.9 Å². The number of amides is 1. The van der Waals surface area contributed by atoms with Gasteiger partial charge in [0.1, 0.15) is 5.82 Å². The monoisotopic (exact) mass is 306 g/mol. The average molecular weight is 307 g/mol. The van der Waals surface area contributed by atoms with E-state index in [2.05, 4.69) is 15.4 Å². The third kappa shape index (κ3) is 2.81. The molecule has 0 saturated carbocycles. The van der Waals surface area contributed by atoms with Crippen molar-refractivity contribution in [1.82, 2.24) is 14.6 Å². The third-order valence-corrected chi connectivity index (χ3v) is 4.08. The van der Waals surface area contributed by atoms with Crippen molar-refractivity contribution in [2.75, 3.05) is 5.32 Å². The second-order valence-electron chi connectivity index (χ2n) is 4.19. The van der Waals surface area contributed by atoms with Gasteiger partial charge in [0, 0.05) is 23.6 Å². The van der Waals surface area contributed by atoms with Gasteiger partial charge in [-0.05, 0) is 24.6 Å². The minimum absolute atomic E-state index is 0.0578. The Bertz CT molecular complexity index is 752. The molecule has 1 N–H and O–H groups in total. The van der Waals surface area contributed by atoms with E-state index in [0.717, 1.165) is 9.21 Å². The second kappa shape index (κ2) is 5.60. The highest BCUT2D eigenvalue weighted by Crippen LogP contribution is 2.22. The van der Waals surface area contributed by atoms with Crippen LogP contribution in [0.1, 0.15) is 11.3 Å². The van der Waals surface area contributed by atoms with E-state index in [4.69, 9.17) is 11.6 Å². The molecular formula is C13H11ClN4OS. The Hall–Kier alpha value is -1.92. The molecule has 0 saturated heterocycles. The van der Waals surface area contributed by atoms with Crippen LogP contribution in [0, 0.1) is 0 Å². The Balaban J connectivity index is 1.65. The topological polar surface area (TPSA) is 59.3 Å². The van der Waals surface area contributed by atoms with Gasteiger partial charge in [-0.25, -0.2) is 4.98 Å². The number of halogens is 1. The molecule has 0 spiro atoms. The van der Waals surface area contributed by atoms with E-state index in [9.17, 15) is 4.79 Å². The number of anilines is 1. The van der Waals surface area contributed by atoms with Gasteiger partial charge in [-0.2, -0.15) is 9.61 Å². The summed E-state index contributed by atoms with van der Waals surface area (Å²) in [6.07, 6.45) is 4.37. The molecule has 0 fully saturated rings. The van der Waals surface area contributed by atoms with Gasteiger partial charge in [-0.3, -0.25) is 4.79 Å². The van der Waals surface area contributed by atoms with Crippen LogP contribution in [-0.2, 0) is 11.2 Å². The zero-order valence-corrected chi connectivity index (χ0v) is 12.0. The number of aromatic nitrogens is 3.